The van der Waals surface area contributed by atoms with Gasteiger partial charge in [-0.25, -0.2) is 0 Å². The van der Waals surface area contributed by atoms with Crippen molar-refractivity contribution in [1.82, 2.24) is 24.9 Å². The highest BCUT2D eigenvalue weighted by atomic mass is 32.2. The fourth-order valence-electron chi connectivity index (χ4n) is 3.14. The molecule has 0 aliphatic rings. The van der Waals surface area contributed by atoms with Gasteiger partial charge in [-0.05, 0) is 25.1 Å². The molecule has 2 aromatic heterocycles. The molecule has 0 bridgehead atoms. The smallest absolute Gasteiger partial charge is 0.348 e. The van der Waals surface area contributed by atoms with Gasteiger partial charge >= 0.3 is 6.18 Å². The molecule has 9 nitrogen and oxygen atoms in total. The van der Waals surface area contributed by atoms with E-state index in [0.717, 1.165) is 16.8 Å². The topological polar surface area (TPSA) is 123 Å². The van der Waals surface area contributed by atoms with E-state index in [2.05, 4.69) is 15.5 Å². The molecule has 13 heteroatoms. The number of hydrogen-bond donors (Lipinski definition) is 2. The summed E-state index contributed by atoms with van der Waals surface area (Å²) in [4.78, 5) is 25.9. The van der Waals surface area contributed by atoms with Crippen LogP contribution in [0.3, 0.4) is 0 Å². The molecule has 0 unspecified atom stereocenters. The Hall–Kier alpha value is -3.48. The van der Waals surface area contributed by atoms with E-state index in [1.165, 1.54) is 41.5 Å². The molecule has 0 spiro atoms. The number of halogens is 3. The highest BCUT2D eigenvalue weighted by molar-refractivity contribution is 7.91. The summed E-state index contributed by atoms with van der Waals surface area (Å²) in [6.07, 6.45) is -0.444. The molecule has 3 rings (SSSR count). The van der Waals surface area contributed by atoms with Gasteiger partial charge in [0.25, 0.3) is 11.5 Å². The van der Waals surface area contributed by atoms with Crippen LogP contribution in [0.1, 0.15) is 22.8 Å². The summed E-state index contributed by atoms with van der Waals surface area (Å²) in [5.41, 5.74) is -1.34. The predicted octanol–water partition coefficient (Wildman–Crippen LogP) is 2.45. The number of rotatable bonds is 6. The Labute approximate surface area is 187 Å². The second kappa shape index (κ2) is 8.81. The fraction of sp³-hybridized carbons (Fsp3) is 0.300. The first kappa shape index (κ1) is 24.2. The number of nitrogens with one attached hydrogen (secondary N) is 2. The van der Waals surface area contributed by atoms with E-state index in [1.54, 1.807) is 14.0 Å². The standard InChI is InChI=1S/C20H21F3N6O3S/c1-12(11-33(3,24)32)26-18(30)16-8-17(13-4-6-14(7-5-13)20(21,22)23)27-29(19(16)31)15-9-25-28(2)10-15/h4-10,12,24H,11H2,1-3H3,(H,26,30)/t12-,33-/m0/s1. The van der Waals surface area contributed by atoms with Crippen molar-refractivity contribution in [3.8, 4) is 16.9 Å². The molecule has 1 amide bonds. The Morgan fingerprint density at radius 3 is 2.42 bits per heavy atom. The maximum atomic E-state index is 13.0. The van der Waals surface area contributed by atoms with Gasteiger partial charge in [-0.1, -0.05) is 12.1 Å². The summed E-state index contributed by atoms with van der Waals surface area (Å²) in [6, 6.07) is 4.67. The van der Waals surface area contributed by atoms with Crippen molar-refractivity contribution in [1.29, 1.82) is 4.78 Å². The van der Waals surface area contributed by atoms with E-state index in [4.69, 9.17) is 4.78 Å². The number of hydrogen-bond acceptors (Lipinski definition) is 6. The molecular weight excluding hydrogens is 461 g/mol. The van der Waals surface area contributed by atoms with E-state index in [0.29, 0.717) is 0 Å². The van der Waals surface area contributed by atoms with Crippen LogP contribution in [0.15, 0.2) is 47.5 Å². The summed E-state index contributed by atoms with van der Waals surface area (Å²) in [5.74, 6) is -0.906. The van der Waals surface area contributed by atoms with Crippen molar-refractivity contribution < 1.29 is 22.2 Å². The monoisotopic (exact) mass is 482 g/mol. The second-order valence-electron chi connectivity index (χ2n) is 7.65. The van der Waals surface area contributed by atoms with Gasteiger partial charge in [0.15, 0.2) is 0 Å². The molecule has 0 aliphatic heterocycles. The molecule has 0 radical (unpaired) electrons. The molecule has 2 heterocycles. The number of nitrogens with zero attached hydrogens (tertiary/aromatic N) is 4. The Bertz CT molecular complexity index is 1340. The second-order valence-corrected chi connectivity index (χ2v) is 10.00. The Morgan fingerprint density at radius 1 is 1.27 bits per heavy atom. The van der Waals surface area contributed by atoms with Crippen LogP contribution in [0.25, 0.3) is 16.9 Å². The van der Waals surface area contributed by atoms with Crippen molar-refractivity contribution in [2.75, 3.05) is 12.0 Å². The highest BCUT2D eigenvalue weighted by Gasteiger charge is 2.30. The summed E-state index contributed by atoms with van der Waals surface area (Å²) in [6.45, 7) is 1.55. The van der Waals surface area contributed by atoms with Gasteiger partial charge in [0, 0.05) is 34.6 Å². The van der Waals surface area contributed by atoms with E-state index in [-0.39, 0.29) is 28.3 Å². The molecule has 3 aromatic rings. The molecule has 33 heavy (non-hydrogen) atoms. The van der Waals surface area contributed by atoms with Crippen molar-refractivity contribution in [3.63, 3.8) is 0 Å². The van der Waals surface area contributed by atoms with Crippen LogP contribution in [0, 0.1) is 4.78 Å². The first-order valence-corrected chi connectivity index (χ1v) is 11.7. The first-order chi connectivity index (χ1) is 15.2. The molecule has 1 aromatic carbocycles. The highest BCUT2D eigenvalue weighted by Crippen LogP contribution is 2.30. The van der Waals surface area contributed by atoms with Gasteiger partial charge in [0.1, 0.15) is 11.3 Å². The van der Waals surface area contributed by atoms with Gasteiger partial charge in [0.05, 0.1) is 29.4 Å². The molecule has 0 fully saturated rings. The first-order valence-electron chi connectivity index (χ1n) is 9.58. The average Bonchev–Trinajstić information content (AvgIpc) is 3.12. The number of benzene rings is 1. The Morgan fingerprint density at radius 2 is 1.91 bits per heavy atom. The number of carbonyl (C=O) groups is 1. The zero-order chi connectivity index (χ0) is 24.6. The molecule has 176 valence electrons. The number of aromatic nitrogens is 4. The van der Waals surface area contributed by atoms with E-state index in [1.807, 2.05) is 0 Å². The Kier molecular flexibility index (Phi) is 6.45. The molecular formula is C20H21F3N6O3S. The van der Waals surface area contributed by atoms with Gasteiger partial charge in [0.2, 0.25) is 0 Å². The third-order valence-corrected chi connectivity index (χ3v) is 5.68. The van der Waals surface area contributed by atoms with Crippen LogP contribution in [-0.4, -0.2) is 47.7 Å². The number of aryl methyl sites for hydroxylation is 1. The van der Waals surface area contributed by atoms with Crippen LogP contribution in [0.5, 0.6) is 0 Å². The van der Waals surface area contributed by atoms with Crippen LogP contribution in [0.2, 0.25) is 0 Å². The van der Waals surface area contributed by atoms with E-state index >= 15 is 0 Å². The summed E-state index contributed by atoms with van der Waals surface area (Å²) < 4.78 is 60.3. The molecule has 0 aliphatic carbocycles. The van der Waals surface area contributed by atoms with Crippen LogP contribution in [-0.2, 0) is 23.0 Å². The largest absolute Gasteiger partial charge is 0.416 e. The minimum atomic E-state index is -4.52. The number of amides is 1. The van der Waals surface area contributed by atoms with Gasteiger partial charge < -0.3 is 5.32 Å². The lowest BCUT2D eigenvalue weighted by atomic mass is 10.1. The maximum Gasteiger partial charge on any atom is 0.416 e. The van der Waals surface area contributed by atoms with E-state index in [9.17, 15) is 27.0 Å². The number of alkyl halides is 3. The lowest BCUT2D eigenvalue weighted by Crippen LogP contribution is -2.40. The van der Waals surface area contributed by atoms with Crippen LogP contribution < -0.4 is 10.9 Å². The Balaban J connectivity index is 2.09. The average molecular weight is 482 g/mol. The molecule has 2 atom stereocenters. The minimum absolute atomic E-state index is 0.0877. The van der Waals surface area contributed by atoms with Crippen molar-refractivity contribution in [2.24, 2.45) is 7.05 Å². The summed E-state index contributed by atoms with van der Waals surface area (Å²) >= 11 is 0. The lowest BCUT2D eigenvalue weighted by Gasteiger charge is -2.15. The van der Waals surface area contributed by atoms with Crippen LogP contribution >= 0.6 is 0 Å². The lowest BCUT2D eigenvalue weighted by molar-refractivity contribution is -0.137. The maximum absolute atomic E-state index is 13.0. The molecule has 2 N–H and O–H groups in total. The zero-order valence-electron chi connectivity index (χ0n) is 17.9. The quantitative estimate of drug-likeness (QED) is 0.559. The molecule has 0 saturated carbocycles. The van der Waals surface area contributed by atoms with Gasteiger partial charge in [-0.3, -0.25) is 23.3 Å². The van der Waals surface area contributed by atoms with Gasteiger partial charge in [-0.2, -0.15) is 28.1 Å². The van der Waals surface area contributed by atoms with E-state index < -0.39 is 39.0 Å². The van der Waals surface area contributed by atoms with Crippen molar-refractivity contribution in [2.45, 2.75) is 19.1 Å². The zero-order valence-corrected chi connectivity index (χ0v) is 18.7. The third-order valence-electron chi connectivity index (χ3n) is 4.55. The molecule has 0 saturated heterocycles. The third kappa shape index (κ3) is 5.86. The number of carbonyl (C=O) groups excluding carboxylic acids is 1. The normalized spacial score (nSPS) is 14.5. The predicted molar refractivity (Wildman–Crippen MR) is 116 cm³/mol. The fourth-order valence-corrected chi connectivity index (χ4v) is 4.18. The minimum Gasteiger partial charge on any atom is -0.348 e. The van der Waals surface area contributed by atoms with Crippen molar-refractivity contribution >= 4 is 15.6 Å². The van der Waals surface area contributed by atoms with Crippen molar-refractivity contribution in [3.05, 3.63) is 64.2 Å². The summed E-state index contributed by atoms with van der Waals surface area (Å²) in [7, 11) is -1.27. The summed E-state index contributed by atoms with van der Waals surface area (Å²) in [5, 5.41) is 10.7. The SMILES string of the molecule is C[C@@H](C[S@@](C)(=N)=O)NC(=O)c1cc(-c2ccc(C(F)(F)F)cc2)nn(-c2cnn(C)c2)c1=O. The van der Waals surface area contributed by atoms with Gasteiger partial charge in [-0.15, -0.1) is 0 Å². The van der Waals surface area contributed by atoms with Crippen LogP contribution in [0.4, 0.5) is 13.2 Å².